The Hall–Kier alpha value is -2.99. The summed E-state index contributed by atoms with van der Waals surface area (Å²) in [4.78, 5) is 29.8. The number of fused-ring (bicyclic) bond motifs is 2. The number of nitrogens with one attached hydrogen (secondary N) is 1. The van der Waals surface area contributed by atoms with Crippen LogP contribution in [-0.4, -0.2) is 50.3 Å². The van der Waals surface area contributed by atoms with Crippen molar-refractivity contribution in [1.29, 1.82) is 0 Å². The lowest BCUT2D eigenvalue weighted by atomic mass is 9.93. The van der Waals surface area contributed by atoms with E-state index in [2.05, 4.69) is 39.1 Å². The first kappa shape index (κ1) is 17.1. The third kappa shape index (κ3) is 2.99. The van der Waals surface area contributed by atoms with Crippen molar-refractivity contribution in [2.45, 2.75) is 32.0 Å². The van der Waals surface area contributed by atoms with Crippen molar-refractivity contribution in [3.8, 4) is 11.4 Å². The van der Waals surface area contributed by atoms with Crippen LogP contribution in [0.25, 0.3) is 11.4 Å². The maximum atomic E-state index is 13.3. The Bertz CT molecular complexity index is 1010. The number of hydrogen-bond donors (Lipinski definition) is 1. The highest BCUT2D eigenvalue weighted by atomic mass is 16.2. The summed E-state index contributed by atoms with van der Waals surface area (Å²) in [5.74, 6) is 1.04. The second-order valence-corrected chi connectivity index (χ2v) is 7.67. The first-order valence-electron chi connectivity index (χ1n) is 9.73. The molecule has 0 fully saturated rings. The highest BCUT2D eigenvalue weighted by molar-refractivity contribution is 5.83. The van der Waals surface area contributed by atoms with Gasteiger partial charge in [0, 0.05) is 37.5 Å². The van der Waals surface area contributed by atoms with Crippen LogP contribution >= 0.6 is 0 Å². The fourth-order valence-electron chi connectivity index (χ4n) is 4.26. The molecule has 1 aromatic carbocycles. The third-order valence-corrected chi connectivity index (χ3v) is 5.85. The zero-order chi connectivity index (χ0) is 19.1. The number of pyridine rings is 1. The number of H-pyrrole nitrogens is 1. The molecule has 6 heteroatoms. The average Bonchev–Trinajstić information content (AvgIpc) is 3.17. The molecule has 28 heavy (non-hydrogen) atoms. The van der Waals surface area contributed by atoms with E-state index in [1.165, 1.54) is 11.1 Å². The molecule has 4 heterocycles. The van der Waals surface area contributed by atoms with Crippen molar-refractivity contribution in [1.82, 2.24) is 24.8 Å². The van der Waals surface area contributed by atoms with Crippen molar-refractivity contribution in [3.63, 3.8) is 0 Å². The van der Waals surface area contributed by atoms with Crippen LogP contribution in [0.1, 0.15) is 22.5 Å². The minimum Gasteiger partial charge on any atom is -0.340 e. The van der Waals surface area contributed by atoms with Gasteiger partial charge in [0.15, 0.2) is 0 Å². The van der Waals surface area contributed by atoms with Gasteiger partial charge >= 0.3 is 0 Å². The van der Waals surface area contributed by atoms with Gasteiger partial charge in [0.1, 0.15) is 5.82 Å². The number of likely N-dealkylation sites (N-methyl/N-ethyl adjacent to an activating group) is 1. The number of aromatic amines is 1. The lowest BCUT2D eigenvalue weighted by Gasteiger charge is -2.37. The number of hydrogen-bond acceptors (Lipinski definition) is 4. The van der Waals surface area contributed by atoms with E-state index in [9.17, 15) is 4.79 Å². The lowest BCUT2D eigenvalue weighted by Crippen LogP contribution is -2.51. The molecular weight excluding hydrogens is 350 g/mol. The molecule has 0 saturated heterocycles. The van der Waals surface area contributed by atoms with Crippen molar-refractivity contribution < 1.29 is 4.79 Å². The van der Waals surface area contributed by atoms with Crippen molar-refractivity contribution in [2.24, 2.45) is 0 Å². The van der Waals surface area contributed by atoms with Gasteiger partial charge in [-0.3, -0.25) is 14.7 Å². The van der Waals surface area contributed by atoms with Crippen LogP contribution in [0.15, 0.2) is 48.8 Å². The number of rotatable bonds is 2. The number of amides is 1. The van der Waals surface area contributed by atoms with Gasteiger partial charge in [-0.1, -0.05) is 24.3 Å². The fourth-order valence-corrected chi connectivity index (χ4v) is 4.26. The molecule has 0 bridgehead atoms. The summed E-state index contributed by atoms with van der Waals surface area (Å²) in [6.07, 6.45) is 5.12. The summed E-state index contributed by atoms with van der Waals surface area (Å²) in [6, 6.07) is 12.2. The molecule has 1 N–H and O–H groups in total. The van der Waals surface area contributed by atoms with E-state index in [0.29, 0.717) is 6.54 Å². The number of carbonyl (C=O) groups excluding carboxylic acids is 1. The predicted molar refractivity (Wildman–Crippen MR) is 106 cm³/mol. The van der Waals surface area contributed by atoms with Crippen LogP contribution in [0.2, 0.25) is 0 Å². The molecule has 0 aliphatic carbocycles. The van der Waals surface area contributed by atoms with E-state index in [4.69, 9.17) is 4.98 Å². The molecule has 0 spiro atoms. The molecule has 2 aromatic heterocycles. The molecule has 3 aromatic rings. The van der Waals surface area contributed by atoms with Crippen LogP contribution < -0.4 is 0 Å². The molecule has 0 saturated carbocycles. The molecule has 0 radical (unpaired) electrons. The topological polar surface area (TPSA) is 65.1 Å². The summed E-state index contributed by atoms with van der Waals surface area (Å²) >= 11 is 0. The maximum Gasteiger partial charge on any atom is 0.240 e. The van der Waals surface area contributed by atoms with Gasteiger partial charge in [-0.15, -0.1) is 0 Å². The summed E-state index contributed by atoms with van der Waals surface area (Å²) in [7, 11) is 2.05. The summed E-state index contributed by atoms with van der Waals surface area (Å²) < 4.78 is 0. The second kappa shape index (κ2) is 6.87. The maximum absolute atomic E-state index is 13.3. The zero-order valence-electron chi connectivity index (χ0n) is 15.9. The molecular formula is C22H23N5O. The zero-order valence-corrected chi connectivity index (χ0v) is 15.9. The van der Waals surface area contributed by atoms with Crippen LogP contribution in [0.4, 0.5) is 0 Å². The first-order chi connectivity index (χ1) is 13.7. The van der Waals surface area contributed by atoms with E-state index in [1.807, 2.05) is 30.3 Å². The standard InChI is InChI=1S/C22H23N5O/c1-26-13-17-6-3-2-5-15(17)11-20(26)22(28)27-10-8-18-19(14-27)25-21(24-18)16-7-4-9-23-12-16/h2-7,9,12,20H,8,10-11,13-14H2,1H3,(H,24,25). The van der Waals surface area contributed by atoms with E-state index in [0.717, 1.165) is 48.7 Å². The molecule has 1 atom stereocenters. The normalized spacial score (nSPS) is 19.2. The number of nitrogens with zero attached hydrogens (tertiary/aromatic N) is 4. The lowest BCUT2D eigenvalue weighted by molar-refractivity contribution is -0.138. The number of carbonyl (C=O) groups is 1. The molecule has 2 aliphatic heterocycles. The van der Waals surface area contributed by atoms with E-state index >= 15 is 0 Å². The van der Waals surface area contributed by atoms with Gasteiger partial charge < -0.3 is 9.88 Å². The molecule has 1 amide bonds. The Morgan fingerprint density at radius 3 is 2.82 bits per heavy atom. The number of imidazole rings is 1. The van der Waals surface area contributed by atoms with Gasteiger partial charge in [-0.2, -0.15) is 0 Å². The number of benzene rings is 1. The van der Waals surface area contributed by atoms with Crippen molar-refractivity contribution in [3.05, 3.63) is 71.3 Å². The fraction of sp³-hybridized carbons (Fsp3) is 0.318. The van der Waals surface area contributed by atoms with Crippen molar-refractivity contribution in [2.75, 3.05) is 13.6 Å². The van der Waals surface area contributed by atoms with Crippen molar-refractivity contribution >= 4 is 5.91 Å². The third-order valence-electron chi connectivity index (χ3n) is 5.85. The Morgan fingerprint density at radius 1 is 1.14 bits per heavy atom. The SMILES string of the molecule is CN1Cc2ccccc2CC1C(=O)N1CCc2nc(-c3cccnc3)[nH]c2C1. The predicted octanol–water partition coefficient (Wildman–Crippen LogP) is 2.41. The van der Waals surface area contributed by atoms with Gasteiger partial charge in [-0.25, -0.2) is 4.98 Å². The molecule has 142 valence electrons. The van der Waals surface area contributed by atoms with E-state index in [1.54, 1.807) is 6.20 Å². The summed E-state index contributed by atoms with van der Waals surface area (Å²) in [5.41, 5.74) is 5.68. The Morgan fingerprint density at radius 2 is 2.00 bits per heavy atom. The molecule has 6 nitrogen and oxygen atoms in total. The van der Waals surface area contributed by atoms with E-state index in [-0.39, 0.29) is 11.9 Å². The average molecular weight is 373 g/mol. The minimum absolute atomic E-state index is 0.0998. The second-order valence-electron chi connectivity index (χ2n) is 7.67. The minimum atomic E-state index is -0.0998. The van der Waals surface area contributed by atoms with E-state index < -0.39 is 0 Å². The quantitative estimate of drug-likeness (QED) is 0.749. The smallest absolute Gasteiger partial charge is 0.240 e. The van der Waals surface area contributed by atoms with Gasteiger partial charge in [0.2, 0.25) is 5.91 Å². The van der Waals surface area contributed by atoms with Gasteiger partial charge in [0.05, 0.1) is 24.0 Å². The Labute approximate surface area is 164 Å². The highest BCUT2D eigenvalue weighted by Gasteiger charge is 2.34. The highest BCUT2D eigenvalue weighted by Crippen LogP contribution is 2.26. The molecule has 5 rings (SSSR count). The van der Waals surface area contributed by atoms with Crippen LogP contribution in [0.5, 0.6) is 0 Å². The number of aromatic nitrogens is 3. The largest absolute Gasteiger partial charge is 0.340 e. The van der Waals surface area contributed by atoms with Gasteiger partial charge in [0.25, 0.3) is 0 Å². The van der Waals surface area contributed by atoms with Crippen LogP contribution in [0.3, 0.4) is 0 Å². The molecule has 2 aliphatic rings. The summed E-state index contributed by atoms with van der Waals surface area (Å²) in [6.45, 7) is 2.13. The van der Waals surface area contributed by atoms with Crippen LogP contribution in [-0.2, 0) is 30.7 Å². The Balaban J connectivity index is 1.35. The molecule has 1 unspecified atom stereocenters. The van der Waals surface area contributed by atoms with Gasteiger partial charge in [-0.05, 0) is 36.7 Å². The monoisotopic (exact) mass is 373 g/mol. The first-order valence-corrected chi connectivity index (χ1v) is 9.73. The Kier molecular flexibility index (Phi) is 4.20. The summed E-state index contributed by atoms with van der Waals surface area (Å²) in [5, 5.41) is 0. The van der Waals surface area contributed by atoms with Crippen LogP contribution in [0, 0.1) is 0 Å².